The molecule has 398 valence electrons. The molecule has 10 atom stereocenters. The SMILES string of the molecule is CN[C@@H](C)C(=O)N[C@H](C(=O)N1C[C@@H](CC(=O)c2cc(C(=O)C[C@H]3C[C@@H](C(=O)N[C@H](C)C4CCCCC4)N(C(=O)[C@@H](NC(=O)[C@H](C)NC)C(C)(C)C)C3)[nH]n2)C[C@H]1C(=O)N[C@H](C)C1CCCCC1)C(C)(C)C. The minimum Gasteiger partial charge on any atom is -0.352 e. The van der Waals surface area contributed by atoms with Gasteiger partial charge in [-0.2, -0.15) is 5.10 Å². The molecular weight excluding hydrogens is 905 g/mol. The van der Waals surface area contributed by atoms with Crippen molar-refractivity contribution in [2.75, 3.05) is 27.2 Å². The number of amides is 6. The molecule has 6 amide bonds. The number of nitrogens with zero attached hydrogens (tertiary/aromatic N) is 3. The summed E-state index contributed by atoms with van der Waals surface area (Å²) in [5, 5.41) is 25.1. The van der Waals surface area contributed by atoms with Gasteiger partial charge in [0.2, 0.25) is 35.4 Å². The molecule has 18 heteroatoms. The number of aromatic amines is 1. The Morgan fingerprint density at radius 1 is 0.592 bits per heavy atom. The normalized spacial score (nSPS) is 24.0. The molecule has 0 spiro atoms. The standard InChI is InChI=1S/C53H88N10O8/c1-30(36-19-15-13-16-20-36)56-48(68)40-23-34(28-62(40)50(70)44(52(5,6)7)58-46(66)32(3)54-11)25-42(64)38-27-39(61-60-38)43(65)26-35-24-41(49(69)57-31(2)37-21-17-14-18-22-37)63(29-35)51(71)45(53(8,9)10)59-47(67)33(4)55-12/h27,30-37,40-41,44-45,54-55H,13-26,28-29H2,1-12H3,(H,56,68)(H,57,69)(H,58,66)(H,59,67)(H,60,61)/t30-,31-,32+,33+,34-,35-,40+,41+,44-,45-/m1/s1. The van der Waals surface area contributed by atoms with E-state index < -0.39 is 70.7 Å². The summed E-state index contributed by atoms with van der Waals surface area (Å²) in [6, 6.07) is -3.50. The second-order valence-electron chi connectivity index (χ2n) is 23.7. The maximum atomic E-state index is 14.6. The highest BCUT2D eigenvalue weighted by atomic mass is 16.2. The lowest BCUT2D eigenvalue weighted by molar-refractivity contribution is -0.144. The largest absolute Gasteiger partial charge is 0.352 e. The minimum absolute atomic E-state index is 0.0285. The lowest BCUT2D eigenvalue weighted by atomic mass is 9.84. The minimum atomic E-state index is -0.945. The Balaban J connectivity index is 1.31. The van der Waals surface area contributed by atoms with E-state index >= 15 is 0 Å². The van der Waals surface area contributed by atoms with E-state index in [1.807, 2.05) is 55.4 Å². The van der Waals surface area contributed by atoms with E-state index in [-0.39, 0.29) is 97.4 Å². The van der Waals surface area contributed by atoms with Gasteiger partial charge in [-0.3, -0.25) is 43.5 Å². The molecule has 2 aliphatic heterocycles. The van der Waals surface area contributed by atoms with E-state index in [2.05, 4.69) is 42.1 Å². The zero-order valence-electron chi connectivity index (χ0n) is 44.9. The highest BCUT2D eigenvalue weighted by Crippen LogP contribution is 2.35. The van der Waals surface area contributed by atoms with Gasteiger partial charge in [0.15, 0.2) is 11.6 Å². The Hall–Kier alpha value is -4.71. The van der Waals surface area contributed by atoms with Crippen LogP contribution in [0.4, 0.5) is 0 Å². The summed E-state index contributed by atoms with van der Waals surface area (Å²) in [6.45, 7) is 18.8. The van der Waals surface area contributed by atoms with E-state index in [1.54, 1.807) is 27.9 Å². The summed E-state index contributed by atoms with van der Waals surface area (Å²) in [6.07, 6.45) is 11.3. The van der Waals surface area contributed by atoms with Crippen molar-refractivity contribution in [2.24, 2.45) is 34.5 Å². The fourth-order valence-corrected chi connectivity index (χ4v) is 11.0. The van der Waals surface area contributed by atoms with Gasteiger partial charge < -0.3 is 41.7 Å². The lowest BCUT2D eigenvalue weighted by Gasteiger charge is -2.36. The van der Waals surface area contributed by atoms with Crippen molar-refractivity contribution in [1.82, 2.24) is 51.9 Å². The van der Waals surface area contributed by atoms with Gasteiger partial charge >= 0.3 is 0 Å². The van der Waals surface area contributed by atoms with E-state index in [0.717, 1.165) is 51.4 Å². The summed E-state index contributed by atoms with van der Waals surface area (Å²) in [4.78, 5) is 115. The average molecular weight is 993 g/mol. The summed E-state index contributed by atoms with van der Waals surface area (Å²) in [5.41, 5.74) is -1.24. The van der Waals surface area contributed by atoms with Gasteiger partial charge in [0.25, 0.3) is 0 Å². The van der Waals surface area contributed by atoms with Crippen LogP contribution in [0.15, 0.2) is 6.07 Å². The van der Waals surface area contributed by atoms with Crippen LogP contribution in [0.3, 0.4) is 0 Å². The van der Waals surface area contributed by atoms with Crippen molar-refractivity contribution < 1.29 is 38.4 Å². The highest BCUT2D eigenvalue weighted by molar-refractivity contribution is 6.00. The Morgan fingerprint density at radius 3 is 1.34 bits per heavy atom. The van der Waals surface area contributed by atoms with Gasteiger partial charge in [-0.25, -0.2) is 0 Å². The number of nitrogens with one attached hydrogen (secondary N) is 7. The number of rotatable bonds is 20. The van der Waals surface area contributed by atoms with Gasteiger partial charge in [-0.15, -0.1) is 0 Å². The molecule has 5 rings (SSSR count). The molecule has 0 radical (unpaired) electrons. The second kappa shape index (κ2) is 24.8. The van der Waals surface area contributed by atoms with Crippen LogP contribution in [0.2, 0.25) is 0 Å². The third-order valence-corrected chi connectivity index (χ3v) is 16.0. The van der Waals surface area contributed by atoms with Crippen molar-refractivity contribution in [3.8, 4) is 0 Å². The van der Waals surface area contributed by atoms with Crippen molar-refractivity contribution >= 4 is 47.0 Å². The Morgan fingerprint density at radius 2 is 0.972 bits per heavy atom. The van der Waals surface area contributed by atoms with Crippen LogP contribution in [-0.2, 0) is 28.8 Å². The summed E-state index contributed by atoms with van der Waals surface area (Å²) in [7, 11) is 3.33. The Kier molecular flexibility index (Phi) is 20.0. The fourth-order valence-electron chi connectivity index (χ4n) is 11.0. The monoisotopic (exact) mass is 993 g/mol. The molecule has 2 saturated carbocycles. The van der Waals surface area contributed by atoms with Crippen LogP contribution in [0, 0.1) is 34.5 Å². The van der Waals surface area contributed by atoms with Gasteiger partial charge in [-0.05, 0) is 121 Å². The first-order valence-corrected chi connectivity index (χ1v) is 26.6. The molecule has 0 unspecified atom stereocenters. The molecule has 2 saturated heterocycles. The van der Waals surface area contributed by atoms with E-state index in [9.17, 15) is 38.4 Å². The molecule has 0 bridgehead atoms. The quantitative estimate of drug-likeness (QED) is 0.0902. The number of Topliss-reactive ketones (excluding diaryl/α,β-unsaturated/α-hetero) is 2. The smallest absolute Gasteiger partial charge is 0.246 e. The van der Waals surface area contributed by atoms with Crippen LogP contribution in [0.25, 0.3) is 0 Å². The molecule has 3 heterocycles. The first-order valence-electron chi connectivity index (χ1n) is 26.6. The average Bonchev–Trinajstić information content (AvgIpc) is 4.11. The van der Waals surface area contributed by atoms with Gasteiger partial charge in [0.1, 0.15) is 35.6 Å². The Bertz CT molecular complexity index is 1910. The molecule has 18 nitrogen and oxygen atoms in total. The molecule has 0 aromatic carbocycles. The van der Waals surface area contributed by atoms with Gasteiger partial charge in [-0.1, -0.05) is 80.1 Å². The molecule has 7 N–H and O–H groups in total. The van der Waals surface area contributed by atoms with Crippen molar-refractivity contribution in [1.29, 1.82) is 0 Å². The van der Waals surface area contributed by atoms with Gasteiger partial charge in [0, 0.05) is 38.0 Å². The fraction of sp³-hybridized carbons (Fsp3) is 0.792. The number of ketones is 2. The number of H-pyrrole nitrogens is 1. The number of hydrogen-bond acceptors (Lipinski definition) is 11. The Labute approximate surface area is 422 Å². The van der Waals surface area contributed by atoms with Crippen LogP contribution in [-0.4, -0.2) is 143 Å². The maximum absolute atomic E-state index is 14.6. The number of aromatic nitrogens is 2. The molecule has 4 aliphatic rings. The molecule has 2 aliphatic carbocycles. The van der Waals surface area contributed by atoms with E-state index in [4.69, 9.17) is 0 Å². The highest BCUT2D eigenvalue weighted by Gasteiger charge is 2.48. The van der Waals surface area contributed by atoms with Crippen molar-refractivity contribution in [2.45, 2.75) is 207 Å². The predicted molar refractivity (Wildman–Crippen MR) is 272 cm³/mol. The van der Waals surface area contributed by atoms with Crippen LogP contribution >= 0.6 is 0 Å². The van der Waals surface area contributed by atoms with E-state index in [0.29, 0.717) is 11.8 Å². The van der Waals surface area contributed by atoms with Crippen LogP contribution in [0.5, 0.6) is 0 Å². The first kappa shape index (κ1) is 57.2. The molecule has 4 fully saturated rings. The van der Waals surface area contributed by atoms with Gasteiger partial charge in [0.05, 0.1) is 12.1 Å². The first-order chi connectivity index (χ1) is 33.3. The van der Waals surface area contributed by atoms with Crippen molar-refractivity contribution in [3.63, 3.8) is 0 Å². The van der Waals surface area contributed by atoms with Crippen molar-refractivity contribution in [3.05, 3.63) is 17.5 Å². The summed E-state index contributed by atoms with van der Waals surface area (Å²) >= 11 is 0. The third-order valence-electron chi connectivity index (χ3n) is 16.0. The predicted octanol–water partition coefficient (Wildman–Crippen LogP) is 4.44. The van der Waals surface area contributed by atoms with E-state index in [1.165, 1.54) is 28.7 Å². The van der Waals surface area contributed by atoms with Crippen LogP contribution in [0.1, 0.15) is 180 Å². The number of likely N-dealkylation sites (tertiary alicyclic amines) is 2. The zero-order valence-corrected chi connectivity index (χ0v) is 44.9. The topological polar surface area (TPSA) is 244 Å². The van der Waals surface area contributed by atoms with Crippen LogP contribution < -0.4 is 31.9 Å². The summed E-state index contributed by atoms with van der Waals surface area (Å²) < 4.78 is 0. The zero-order chi connectivity index (χ0) is 52.5. The number of carbonyl (C=O) groups is 8. The molecule has 1 aromatic heterocycles. The number of likely N-dealkylation sites (N-methyl/N-ethyl adjacent to an activating group) is 2. The number of carbonyl (C=O) groups excluding carboxylic acids is 8. The molecule has 1 aromatic rings. The second-order valence-corrected chi connectivity index (χ2v) is 23.7. The lowest BCUT2D eigenvalue weighted by Crippen LogP contribution is -2.60. The maximum Gasteiger partial charge on any atom is 0.246 e. The number of hydrogen-bond donors (Lipinski definition) is 7. The summed E-state index contributed by atoms with van der Waals surface area (Å²) in [5.74, 6) is -2.89. The molecule has 71 heavy (non-hydrogen) atoms. The molecular formula is C53H88N10O8. The third kappa shape index (κ3) is 14.9.